The third kappa shape index (κ3) is 6.36. The highest BCUT2D eigenvalue weighted by Crippen LogP contribution is 2.03. The molecule has 112 valence electrons. The zero-order valence-electron chi connectivity index (χ0n) is 13.1. The zero-order valence-corrected chi connectivity index (χ0v) is 13.1. The minimum atomic E-state index is -0.162. The molecule has 1 atom stereocenters. The maximum Gasteiger partial charge on any atom is 0.237 e. The Bertz CT molecular complexity index is 282. The maximum atomic E-state index is 12.1. The number of nitrogens with one attached hydrogen (secondary N) is 2. The second-order valence-electron chi connectivity index (χ2n) is 6.49. The van der Waals surface area contributed by atoms with Crippen molar-refractivity contribution in [2.45, 2.75) is 39.3 Å². The van der Waals surface area contributed by atoms with Crippen molar-refractivity contribution in [1.29, 1.82) is 0 Å². The maximum absolute atomic E-state index is 12.1. The van der Waals surface area contributed by atoms with E-state index in [1.807, 2.05) is 34.7 Å². The van der Waals surface area contributed by atoms with Crippen LogP contribution in [0.4, 0.5) is 0 Å². The lowest BCUT2D eigenvalue weighted by atomic mass is 10.1. The van der Waals surface area contributed by atoms with E-state index in [9.17, 15) is 4.79 Å². The van der Waals surface area contributed by atoms with Gasteiger partial charge in [0.25, 0.3) is 0 Å². The Morgan fingerprint density at radius 3 is 2.47 bits per heavy atom. The molecule has 5 nitrogen and oxygen atoms in total. The van der Waals surface area contributed by atoms with E-state index in [0.717, 1.165) is 39.3 Å². The van der Waals surface area contributed by atoms with Crippen molar-refractivity contribution in [2.75, 3.05) is 46.3 Å². The van der Waals surface area contributed by atoms with E-state index in [0.29, 0.717) is 0 Å². The average Bonchev–Trinajstić information content (AvgIpc) is 2.34. The van der Waals surface area contributed by atoms with Crippen molar-refractivity contribution in [1.82, 2.24) is 20.4 Å². The van der Waals surface area contributed by atoms with Crippen LogP contribution in [-0.4, -0.2) is 73.6 Å². The molecule has 0 aliphatic carbocycles. The molecule has 0 aromatic carbocycles. The highest BCUT2D eigenvalue weighted by Gasteiger charge is 2.22. The number of hydrogen-bond acceptors (Lipinski definition) is 4. The van der Waals surface area contributed by atoms with Crippen molar-refractivity contribution in [3.8, 4) is 0 Å². The second-order valence-corrected chi connectivity index (χ2v) is 6.49. The van der Waals surface area contributed by atoms with Crippen LogP contribution in [0.5, 0.6) is 0 Å². The van der Waals surface area contributed by atoms with Gasteiger partial charge in [0, 0.05) is 44.8 Å². The Balaban J connectivity index is 2.31. The lowest BCUT2D eigenvalue weighted by molar-refractivity contribution is -0.126. The Morgan fingerprint density at radius 2 is 1.95 bits per heavy atom. The number of likely N-dealkylation sites (N-methyl/N-ethyl adjacent to an activating group) is 1. The first-order valence-electron chi connectivity index (χ1n) is 7.25. The molecule has 5 heteroatoms. The standard InChI is InChI=1S/C14H30N4O/c1-12(13(19)16-14(2,3)4)17(5)10-11-18-8-6-15-7-9-18/h12,15H,6-11H2,1-5H3,(H,16,19). The summed E-state index contributed by atoms with van der Waals surface area (Å²) >= 11 is 0. The van der Waals surface area contributed by atoms with Gasteiger partial charge in [0.2, 0.25) is 5.91 Å². The van der Waals surface area contributed by atoms with Crippen LogP contribution in [0.2, 0.25) is 0 Å². The fraction of sp³-hybridized carbons (Fsp3) is 0.929. The summed E-state index contributed by atoms with van der Waals surface area (Å²) in [6.45, 7) is 14.3. The fourth-order valence-corrected chi connectivity index (χ4v) is 2.10. The van der Waals surface area contributed by atoms with Crippen molar-refractivity contribution in [3.05, 3.63) is 0 Å². The van der Waals surface area contributed by atoms with Crippen molar-refractivity contribution in [3.63, 3.8) is 0 Å². The molecule has 1 amide bonds. The number of carbonyl (C=O) groups excluding carboxylic acids is 1. The molecule has 1 rings (SSSR count). The molecular formula is C14H30N4O. The van der Waals surface area contributed by atoms with Crippen LogP contribution in [0.15, 0.2) is 0 Å². The summed E-state index contributed by atoms with van der Waals surface area (Å²) in [4.78, 5) is 16.6. The molecule has 2 N–H and O–H groups in total. The summed E-state index contributed by atoms with van der Waals surface area (Å²) in [6, 6.07) is -0.0814. The number of rotatable bonds is 5. The smallest absolute Gasteiger partial charge is 0.237 e. The van der Waals surface area contributed by atoms with Crippen LogP contribution >= 0.6 is 0 Å². The largest absolute Gasteiger partial charge is 0.350 e. The van der Waals surface area contributed by atoms with Gasteiger partial charge in [-0.1, -0.05) is 0 Å². The van der Waals surface area contributed by atoms with Gasteiger partial charge in [-0.25, -0.2) is 0 Å². The monoisotopic (exact) mass is 270 g/mol. The molecule has 0 spiro atoms. The fourth-order valence-electron chi connectivity index (χ4n) is 2.10. The van der Waals surface area contributed by atoms with E-state index in [1.165, 1.54) is 0 Å². The number of carbonyl (C=O) groups is 1. The number of hydrogen-bond donors (Lipinski definition) is 2. The molecule has 1 fully saturated rings. The van der Waals surface area contributed by atoms with Crippen molar-refractivity contribution < 1.29 is 4.79 Å². The van der Waals surface area contributed by atoms with E-state index in [-0.39, 0.29) is 17.5 Å². The van der Waals surface area contributed by atoms with Crippen LogP contribution in [0.3, 0.4) is 0 Å². The van der Waals surface area contributed by atoms with Crippen LogP contribution < -0.4 is 10.6 Å². The first kappa shape index (κ1) is 16.4. The summed E-state index contributed by atoms with van der Waals surface area (Å²) in [7, 11) is 2.02. The van der Waals surface area contributed by atoms with Crippen LogP contribution in [0, 0.1) is 0 Å². The Labute approximate surface area is 117 Å². The van der Waals surface area contributed by atoms with Crippen LogP contribution in [0.25, 0.3) is 0 Å². The Hall–Kier alpha value is -0.650. The first-order chi connectivity index (χ1) is 8.79. The average molecular weight is 270 g/mol. The molecule has 1 aliphatic rings. The van der Waals surface area contributed by atoms with Crippen molar-refractivity contribution >= 4 is 5.91 Å². The van der Waals surface area contributed by atoms with Gasteiger partial charge in [-0.2, -0.15) is 0 Å². The number of amides is 1. The zero-order chi connectivity index (χ0) is 14.5. The minimum Gasteiger partial charge on any atom is -0.350 e. The van der Waals surface area contributed by atoms with E-state index >= 15 is 0 Å². The molecule has 0 radical (unpaired) electrons. The lowest BCUT2D eigenvalue weighted by Crippen LogP contribution is -2.52. The third-order valence-electron chi connectivity index (χ3n) is 3.52. The Kier molecular flexibility index (Phi) is 6.23. The van der Waals surface area contributed by atoms with Gasteiger partial charge in [0.05, 0.1) is 6.04 Å². The molecular weight excluding hydrogens is 240 g/mol. The summed E-state index contributed by atoms with van der Waals surface area (Å²) in [5.41, 5.74) is -0.162. The molecule has 19 heavy (non-hydrogen) atoms. The third-order valence-corrected chi connectivity index (χ3v) is 3.52. The highest BCUT2D eigenvalue weighted by molar-refractivity contribution is 5.81. The summed E-state index contributed by atoms with van der Waals surface area (Å²) in [6.07, 6.45) is 0. The topological polar surface area (TPSA) is 47.6 Å². The van der Waals surface area contributed by atoms with Crippen molar-refractivity contribution in [2.24, 2.45) is 0 Å². The quantitative estimate of drug-likeness (QED) is 0.745. The first-order valence-corrected chi connectivity index (χ1v) is 7.25. The molecule has 0 bridgehead atoms. The van der Waals surface area contributed by atoms with E-state index in [4.69, 9.17) is 0 Å². The van der Waals surface area contributed by atoms with Gasteiger partial charge in [-0.05, 0) is 34.7 Å². The molecule has 1 aliphatic heterocycles. The minimum absolute atomic E-state index is 0.0814. The summed E-state index contributed by atoms with van der Waals surface area (Å²) in [5, 5.41) is 6.38. The second kappa shape index (κ2) is 7.22. The predicted molar refractivity (Wildman–Crippen MR) is 79.3 cm³/mol. The van der Waals surface area contributed by atoms with Gasteiger partial charge in [0.15, 0.2) is 0 Å². The van der Waals surface area contributed by atoms with Crippen LogP contribution in [0.1, 0.15) is 27.7 Å². The van der Waals surface area contributed by atoms with E-state index < -0.39 is 0 Å². The molecule has 0 saturated carbocycles. The predicted octanol–water partition coefficient (Wildman–Crippen LogP) is 0.127. The summed E-state index contributed by atoms with van der Waals surface area (Å²) in [5.74, 6) is 0.107. The Morgan fingerprint density at radius 1 is 1.37 bits per heavy atom. The van der Waals surface area contributed by atoms with Gasteiger partial charge in [-0.15, -0.1) is 0 Å². The van der Waals surface area contributed by atoms with E-state index in [2.05, 4.69) is 20.4 Å². The molecule has 1 saturated heterocycles. The summed E-state index contributed by atoms with van der Waals surface area (Å²) < 4.78 is 0. The molecule has 1 unspecified atom stereocenters. The normalized spacial score (nSPS) is 19.5. The van der Waals surface area contributed by atoms with Gasteiger partial charge >= 0.3 is 0 Å². The van der Waals surface area contributed by atoms with Gasteiger partial charge in [0.1, 0.15) is 0 Å². The number of piperazine rings is 1. The SMILES string of the molecule is CC(C(=O)NC(C)(C)C)N(C)CCN1CCNCC1. The number of nitrogens with zero attached hydrogens (tertiary/aromatic N) is 2. The van der Waals surface area contributed by atoms with Gasteiger partial charge in [-0.3, -0.25) is 14.6 Å². The van der Waals surface area contributed by atoms with Crippen LogP contribution in [-0.2, 0) is 4.79 Å². The highest BCUT2D eigenvalue weighted by atomic mass is 16.2. The molecule has 1 heterocycles. The van der Waals surface area contributed by atoms with Gasteiger partial charge < -0.3 is 10.6 Å². The molecule has 0 aromatic rings. The lowest BCUT2D eigenvalue weighted by Gasteiger charge is -2.32. The molecule has 0 aromatic heterocycles. The van der Waals surface area contributed by atoms with E-state index in [1.54, 1.807) is 0 Å².